The van der Waals surface area contributed by atoms with Crippen LogP contribution in [0.4, 0.5) is 0 Å². The van der Waals surface area contributed by atoms with Crippen molar-refractivity contribution in [3.05, 3.63) is 28.7 Å². The van der Waals surface area contributed by atoms with E-state index in [2.05, 4.69) is 21.2 Å². The first-order chi connectivity index (χ1) is 8.72. The highest BCUT2D eigenvalue weighted by atomic mass is 79.9. The zero-order chi connectivity index (χ0) is 13.0. The van der Waals surface area contributed by atoms with E-state index in [4.69, 9.17) is 0 Å². The quantitative estimate of drug-likeness (QED) is 0.860. The Kier molecular flexibility index (Phi) is 5.39. The number of rotatable bonds is 3. The predicted molar refractivity (Wildman–Crippen MR) is 80.3 cm³/mol. The first-order valence-corrected chi connectivity index (χ1v) is 8.56. The van der Waals surface area contributed by atoms with Gasteiger partial charge in [0.2, 0.25) is 0 Å². The van der Waals surface area contributed by atoms with E-state index in [9.17, 15) is 4.21 Å². The standard InChI is InChI=1S/C14H20BrNOS/c1-16-13-8-3-2-4-9-14(13)18(17)12-7-5-6-11(15)10-12/h5-7,10,13-14,16H,2-4,8-9H2,1H3. The Morgan fingerprint density at radius 3 is 2.78 bits per heavy atom. The van der Waals surface area contributed by atoms with Crippen molar-refractivity contribution < 1.29 is 4.21 Å². The van der Waals surface area contributed by atoms with Crippen LogP contribution < -0.4 is 5.32 Å². The molecular weight excluding hydrogens is 310 g/mol. The summed E-state index contributed by atoms with van der Waals surface area (Å²) in [6, 6.07) is 8.27. The van der Waals surface area contributed by atoms with Gasteiger partial charge in [-0.3, -0.25) is 4.21 Å². The summed E-state index contributed by atoms with van der Waals surface area (Å²) in [5.41, 5.74) is 0. The lowest BCUT2D eigenvalue weighted by Gasteiger charge is -2.24. The van der Waals surface area contributed by atoms with Gasteiger partial charge < -0.3 is 5.32 Å². The van der Waals surface area contributed by atoms with Gasteiger partial charge in [-0.15, -0.1) is 0 Å². The summed E-state index contributed by atoms with van der Waals surface area (Å²) >= 11 is 3.45. The molecule has 1 fully saturated rings. The molecule has 0 bridgehead atoms. The highest BCUT2D eigenvalue weighted by Crippen LogP contribution is 2.26. The first-order valence-electron chi connectivity index (χ1n) is 6.56. The van der Waals surface area contributed by atoms with Crippen LogP contribution in [0.3, 0.4) is 0 Å². The molecule has 1 aromatic carbocycles. The maximum atomic E-state index is 12.7. The van der Waals surface area contributed by atoms with Crippen molar-refractivity contribution in [1.29, 1.82) is 0 Å². The molecule has 1 aliphatic carbocycles. The van der Waals surface area contributed by atoms with Crippen molar-refractivity contribution >= 4 is 26.7 Å². The molecule has 1 aliphatic rings. The molecule has 0 aliphatic heterocycles. The Labute approximate surface area is 120 Å². The first kappa shape index (κ1) is 14.2. The summed E-state index contributed by atoms with van der Waals surface area (Å²) < 4.78 is 13.7. The second-order valence-corrected chi connectivity index (χ2v) is 7.41. The molecule has 0 spiro atoms. The molecule has 2 nitrogen and oxygen atoms in total. The maximum absolute atomic E-state index is 12.7. The topological polar surface area (TPSA) is 29.1 Å². The molecular formula is C14H20BrNOS. The Bertz CT molecular complexity index is 424. The van der Waals surface area contributed by atoms with Crippen molar-refractivity contribution in [2.75, 3.05) is 7.05 Å². The summed E-state index contributed by atoms with van der Waals surface area (Å²) in [6.07, 6.45) is 5.91. The average molecular weight is 330 g/mol. The zero-order valence-corrected chi connectivity index (χ0v) is 13.1. The number of halogens is 1. The fraction of sp³-hybridized carbons (Fsp3) is 0.571. The van der Waals surface area contributed by atoms with E-state index in [1.54, 1.807) is 0 Å². The van der Waals surface area contributed by atoms with Gasteiger partial charge in [-0.1, -0.05) is 41.3 Å². The molecule has 0 radical (unpaired) electrons. The number of benzene rings is 1. The molecule has 3 unspecified atom stereocenters. The molecule has 0 aromatic heterocycles. The van der Waals surface area contributed by atoms with Gasteiger partial charge in [-0.05, 0) is 38.1 Å². The molecule has 18 heavy (non-hydrogen) atoms. The van der Waals surface area contributed by atoms with Gasteiger partial charge in [-0.2, -0.15) is 0 Å². The summed E-state index contributed by atoms with van der Waals surface area (Å²) in [5, 5.41) is 3.60. The number of hydrogen-bond donors (Lipinski definition) is 1. The number of hydrogen-bond acceptors (Lipinski definition) is 2. The van der Waals surface area contributed by atoms with E-state index in [1.165, 1.54) is 19.3 Å². The van der Waals surface area contributed by atoms with Crippen LogP contribution in [0.1, 0.15) is 32.1 Å². The fourth-order valence-corrected chi connectivity index (χ4v) is 4.93. The molecule has 0 saturated heterocycles. The van der Waals surface area contributed by atoms with Crippen LogP contribution in [0.5, 0.6) is 0 Å². The van der Waals surface area contributed by atoms with Gasteiger partial charge in [0.05, 0.1) is 16.0 Å². The third-order valence-corrected chi connectivity index (χ3v) is 5.95. The summed E-state index contributed by atoms with van der Waals surface area (Å²) in [4.78, 5) is 0.941. The zero-order valence-electron chi connectivity index (χ0n) is 10.7. The minimum atomic E-state index is -0.914. The van der Waals surface area contributed by atoms with Crippen LogP contribution in [-0.2, 0) is 10.8 Å². The second kappa shape index (κ2) is 6.83. The van der Waals surface area contributed by atoms with Gasteiger partial charge in [0.25, 0.3) is 0 Å². The van der Waals surface area contributed by atoms with Gasteiger partial charge in [0.1, 0.15) is 0 Å². The van der Waals surface area contributed by atoms with Gasteiger partial charge >= 0.3 is 0 Å². The molecule has 2 rings (SSSR count). The smallest absolute Gasteiger partial charge is 0.0577 e. The molecule has 1 aromatic rings. The van der Waals surface area contributed by atoms with Crippen LogP contribution in [0.15, 0.2) is 33.6 Å². The van der Waals surface area contributed by atoms with Crippen LogP contribution in [-0.4, -0.2) is 22.5 Å². The highest BCUT2D eigenvalue weighted by Gasteiger charge is 2.28. The lowest BCUT2D eigenvalue weighted by atomic mass is 10.1. The van der Waals surface area contributed by atoms with E-state index in [-0.39, 0.29) is 5.25 Å². The van der Waals surface area contributed by atoms with E-state index in [0.717, 1.165) is 22.2 Å². The van der Waals surface area contributed by atoms with Gasteiger partial charge in [0, 0.05) is 15.4 Å². The van der Waals surface area contributed by atoms with E-state index in [1.807, 2.05) is 31.3 Å². The predicted octanol–water partition coefficient (Wildman–Crippen LogP) is 3.48. The molecule has 1 saturated carbocycles. The minimum Gasteiger partial charge on any atom is -0.316 e. The molecule has 100 valence electrons. The van der Waals surface area contributed by atoms with Gasteiger partial charge in [0.15, 0.2) is 0 Å². The minimum absolute atomic E-state index is 0.242. The largest absolute Gasteiger partial charge is 0.316 e. The van der Waals surface area contributed by atoms with Crippen LogP contribution in [0, 0.1) is 0 Å². The summed E-state index contributed by atoms with van der Waals surface area (Å²) in [7, 11) is 1.07. The Morgan fingerprint density at radius 1 is 1.28 bits per heavy atom. The molecule has 3 atom stereocenters. The molecule has 1 N–H and O–H groups in total. The van der Waals surface area contributed by atoms with Crippen molar-refractivity contribution in [3.63, 3.8) is 0 Å². The normalized spacial score (nSPS) is 26.6. The molecule has 0 heterocycles. The summed E-state index contributed by atoms with van der Waals surface area (Å²) in [5.74, 6) is 0. The van der Waals surface area contributed by atoms with Crippen LogP contribution in [0.2, 0.25) is 0 Å². The lowest BCUT2D eigenvalue weighted by Crippen LogP contribution is -2.39. The Hall–Kier alpha value is -0.190. The van der Waals surface area contributed by atoms with Crippen molar-refractivity contribution in [1.82, 2.24) is 5.32 Å². The highest BCUT2D eigenvalue weighted by molar-refractivity contribution is 9.10. The summed E-state index contributed by atoms with van der Waals surface area (Å²) in [6.45, 7) is 0. The molecule has 0 amide bonds. The Morgan fingerprint density at radius 2 is 2.06 bits per heavy atom. The SMILES string of the molecule is CNC1CCCCCC1S(=O)c1cccc(Br)c1. The van der Waals surface area contributed by atoms with E-state index < -0.39 is 10.8 Å². The van der Waals surface area contributed by atoms with Crippen LogP contribution >= 0.6 is 15.9 Å². The third kappa shape index (κ3) is 3.43. The van der Waals surface area contributed by atoms with E-state index in [0.29, 0.717) is 6.04 Å². The average Bonchev–Trinajstić information content (AvgIpc) is 2.62. The second-order valence-electron chi connectivity index (χ2n) is 4.83. The van der Waals surface area contributed by atoms with Crippen molar-refractivity contribution in [2.24, 2.45) is 0 Å². The van der Waals surface area contributed by atoms with Crippen molar-refractivity contribution in [3.8, 4) is 0 Å². The Balaban J connectivity index is 2.19. The number of nitrogens with one attached hydrogen (secondary N) is 1. The van der Waals surface area contributed by atoms with Crippen LogP contribution in [0.25, 0.3) is 0 Å². The fourth-order valence-electron chi connectivity index (χ4n) is 2.63. The van der Waals surface area contributed by atoms with Gasteiger partial charge in [-0.25, -0.2) is 0 Å². The van der Waals surface area contributed by atoms with E-state index >= 15 is 0 Å². The maximum Gasteiger partial charge on any atom is 0.0577 e. The monoisotopic (exact) mass is 329 g/mol. The molecule has 4 heteroatoms. The third-order valence-electron chi connectivity index (χ3n) is 3.63. The lowest BCUT2D eigenvalue weighted by molar-refractivity contribution is 0.500. The van der Waals surface area contributed by atoms with Crippen molar-refractivity contribution in [2.45, 2.75) is 48.3 Å².